The lowest BCUT2D eigenvalue weighted by Gasteiger charge is -2.43. The fraction of sp³-hybridized carbons (Fsp3) is 0.583. The highest BCUT2D eigenvalue weighted by atomic mass is 79.9. The van der Waals surface area contributed by atoms with Crippen molar-refractivity contribution in [2.45, 2.75) is 39.7 Å². The number of aryl methyl sites for hydroxylation is 1. The highest BCUT2D eigenvalue weighted by Gasteiger charge is 2.36. The molecule has 1 aliphatic rings. The van der Waals surface area contributed by atoms with Crippen LogP contribution in [0.4, 0.5) is 5.82 Å². The van der Waals surface area contributed by atoms with Crippen LogP contribution in [0.15, 0.2) is 16.7 Å². The first-order chi connectivity index (χ1) is 6.98. The number of halogens is 1. The van der Waals surface area contributed by atoms with E-state index in [9.17, 15) is 0 Å². The molecule has 1 aromatic heterocycles. The average molecular weight is 269 g/mol. The van der Waals surface area contributed by atoms with Gasteiger partial charge in [-0.3, -0.25) is 0 Å². The molecule has 0 radical (unpaired) electrons. The largest absolute Gasteiger partial charge is 0.366 e. The summed E-state index contributed by atoms with van der Waals surface area (Å²) in [6.07, 6.45) is 4.32. The van der Waals surface area contributed by atoms with Gasteiger partial charge in [0.15, 0.2) is 0 Å². The Kier molecular flexibility index (Phi) is 2.75. The minimum absolute atomic E-state index is 0.508. The highest BCUT2D eigenvalue weighted by Crippen LogP contribution is 2.41. The van der Waals surface area contributed by atoms with Crippen LogP contribution in [0.1, 0.15) is 32.3 Å². The van der Waals surface area contributed by atoms with Crippen molar-refractivity contribution in [3.05, 3.63) is 22.3 Å². The minimum atomic E-state index is 0.508. The van der Waals surface area contributed by atoms with Gasteiger partial charge in [-0.1, -0.05) is 13.8 Å². The van der Waals surface area contributed by atoms with Crippen LogP contribution in [0.25, 0.3) is 0 Å². The van der Waals surface area contributed by atoms with E-state index in [1.54, 1.807) is 0 Å². The zero-order chi connectivity index (χ0) is 11.1. The first-order valence-electron chi connectivity index (χ1n) is 5.36. The van der Waals surface area contributed by atoms with Crippen molar-refractivity contribution in [2.75, 3.05) is 5.32 Å². The summed E-state index contributed by atoms with van der Waals surface area (Å²) >= 11 is 3.57. The lowest BCUT2D eigenvalue weighted by atomic mass is 9.68. The maximum absolute atomic E-state index is 4.35. The third-order valence-electron chi connectivity index (χ3n) is 3.02. The van der Waals surface area contributed by atoms with Gasteiger partial charge >= 0.3 is 0 Å². The van der Waals surface area contributed by atoms with Crippen LogP contribution in [0.2, 0.25) is 0 Å². The summed E-state index contributed by atoms with van der Waals surface area (Å²) in [5, 5.41) is 3.49. The Balaban J connectivity index is 2.03. The summed E-state index contributed by atoms with van der Waals surface area (Å²) in [6, 6.07) is 2.60. The lowest BCUT2D eigenvalue weighted by Crippen LogP contribution is -2.41. The van der Waals surface area contributed by atoms with Crippen molar-refractivity contribution in [3.8, 4) is 0 Å². The molecule has 1 aliphatic carbocycles. The highest BCUT2D eigenvalue weighted by molar-refractivity contribution is 9.10. The fourth-order valence-corrected chi connectivity index (χ4v) is 2.56. The van der Waals surface area contributed by atoms with E-state index < -0.39 is 0 Å². The summed E-state index contributed by atoms with van der Waals surface area (Å²) in [5.74, 6) is 0.982. The topological polar surface area (TPSA) is 24.9 Å². The van der Waals surface area contributed by atoms with Crippen LogP contribution in [-0.2, 0) is 0 Å². The zero-order valence-corrected chi connectivity index (χ0v) is 11.1. The second-order valence-corrected chi connectivity index (χ2v) is 6.00. The van der Waals surface area contributed by atoms with Crippen molar-refractivity contribution in [1.82, 2.24) is 4.98 Å². The Bertz CT molecular complexity index is 366. The maximum Gasteiger partial charge on any atom is 0.140 e. The van der Waals surface area contributed by atoms with Gasteiger partial charge in [0, 0.05) is 12.2 Å². The van der Waals surface area contributed by atoms with E-state index in [1.807, 2.05) is 12.3 Å². The predicted octanol–water partition coefficient (Wildman–Crippen LogP) is 3.75. The first-order valence-corrected chi connectivity index (χ1v) is 6.15. The Morgan fingerprint density at radius 3 is 2.73 bits per heavy atom. The molecule has 0 aromatic carbocycles. The number of pyridine rings is 1. The monoisotopic (exact) mass is 268 g/mol. The van der Waals surface area contributed by atoms with E-state index >= 15 is 0 Å². The molecule has 3 heteroatoms. The molecule has 0 aliphatic heterocycles. The molecule has 2 nitrogen and oxygen atoms in total. The fourth-order valence-electron chi connectivity index (χ4n) is 2.21. The normalized spacial score (nSPS) is 19.7. The molecule has 0 unspecified atom stereocenters. The molecule has 82 valence electrons. The standard InChI is InChI=1S/C12H17BrN2/c1-8-4-5-14-11(10(8)13)15-9-6-12(2,3)7-9/h4-5,9H,6-7H2,1-3H3,(H,14,15). The molecule has 0 saturated heterocycles. The average Bonchev–Trinajstić information content (AvgIpc) is 2.10. The zero-order valence-electron chi connectivity index (χ0n) is 9.47. The second kappa shape index (κ2) is 3.78. The number of hydrogen-bond donors (Lipinski definition) is 1. The Hall–Kier alpha value is -0.570. The van der Waals surface area contributed by atoms with Crippen molar-refractivity contribution in [3.63, 3.8) is 0 Å². The van der Waals surface area contributed by atoms with E-state index in [4.69, 9.17) is 0 Å². The van der Waals surface area contributed by atoms with E-state index in [0.717, 1.165) is 10.3 Å². The number of aromatic nitrogens is 1. The molecular formula is C12H17BrN2. The van der Waals surface area contributed by atoms with Gasteiger partial charge in [0.05, 0.1) is 4.47 Å². The Labute approximate surface area is 99.6 Å². The van der Waals surface area contributed by atoms with Crippen molar-refractivity contribution in [1.29, 1.82) is 0 Å². The summed E-state index contributed by atoms with van der Waals surface area (Å²) in [6.45, 7) is 6.70. The quantitative estimate of drug-likeness (QED) is 0.884. The van der Waals surface area contributed by atoms with Gasteiger partial charge in [0.1, 0.15) is 5.82 Å². The molecule has 15 heavy (non-hydrogen) atoms. The van der Waals surface area contributed by atoms with Crippen LogP contribution >= 0.6 is 15.9 Å². The number of rotatable bonds is 2. The molecule has 2 rings (SSSR count). The molecule has 1 saturated carbocycles. The van der Waals surface area contributed by atoms with Gasteiger partial charge in [-0.2, -0.15) is 0 Å². The van der Waals surface area contributed by atoms with Crippen molar-refractivity contribution in [2.24, 2.45) is 5.41 Å². The van der Waals surface area contributed by atoms with Crippen LogP contribution < -0.4 is 5.32 Å². The number of hydrogen-bond acceptors (Lipinski definition) is 2. The third-order valence-corrected chi connectivity index (χ3v) is 4.02. The van der Waals surface area contributed by atoms with Gasteiger partial charge in [-0.15, -0.1) is 0 Å². The maximum atomic E-state index is 4.35. The molecule has 0 amide bonds. The van der Waals surface area contributed by atoms with Crippen LogP contribution in [0.3, 0.4) is 0 Å². The van der Waals surface area contributed by atoms with E-state index in [-0.39, 0.29) is 0 Å². The van der Waals surface area contributed by atoms with Gasteiger partial charge in [0.2, 0.25) is 0 Å². The summed E-state index contributed by atoms with van der Waals surface area (Å²) in [4.78, 5) is 4.35. The molecule has 0 bridgehead atoms. The first kappa shape index (κ1) is 10.9. The van der Waals surface area contributed by atoms with Gasteiger partial charge in [0.25, 0.3) is 0 Å². The summed E-state index contributed by atoms with van der Waals surface area (Å²) in [5.41, 5.74) is 1.74. The van der Waals surface area contributed by atoms with Crippen molar-refractivity contribution >= 4 is 21.7 Å². The molecule has 1 N–H and O–H groups in total. The minimum Gasteiger partial charge on any atom is -0.366 e. The number of nitrogens with zero attached hydrogens (tertiary/aromatic N) is 1. The van der Waals surface area contributed by atoms with Gasteiger partial charge in [-0.05, 0) is 52.7 Å². The summed E-state index contributed by atoms with van der Waals surface area (Å²) < 4.78 is 1.09. The van der Waals surface area contributed by atoms with Crippen molar-refractivity contribution < 1.29 is 0 Å². The predicted molar refractivity (Wildman–Crippen MR) is 67.1 cm³/mol. The van der Waals surface area contributed by atoms with E-state index in [2.05, 4.69) is 47.0 Å². The SMILES string of the molecule is Cc1ccnc(NC2CC(C)(C)C2)c1Br. The molecule has 1 fully saturated rings. The Morgan fingerprint density at radius 2 is 2.13 bits per heavy atom. The second-order valence-electron chi connectivity index (χ2n) is 5.20. The third kappa shape index (κ3) is 2.33. The molecule has 0 atom stereocenters. The molecule has 1 aromatic rings. The lowest BCUT2D eigenvalue weighted by molar-refractivity contribution is 0.167. The van der Waals surface area contributed by atoms with Crippen LogP contribution in [-0.4, -0.2) is 11.0 Å². The van der Waals surface area contributed by atoms with Gasteiger partial charge in [-0.25, -0.2) is 4.98 Å². The molecule has 1 heterocycles. The van der Waals surface area contributed by atoms with E-state index in [1.165, 1.54) is 18.4 Å². The van der Waals surface area contributed by atoms with E-state index in [0.29, 0.717) is 11.5 Å². The Morgan fingerprint density at radius 1 is 1.47 bits per heavy atom. The summed E-state index contributed by atoms with van der Waals surface area (Å²) in [7, 11) is 0. The number of nitrogens with one attached hydrogen (secondary N) is 1. The van der Waals surface area contributed by atoms with Crippen LogP contribution in [0.5, 0.6) is 0 Å². The smallest absolute Gasteiger partial charge is 0.140 e. The van der Waals surface area contributed by atoms with Crippen LogP contribution in [0, 0.1) is 12.3 Å². The molecular weight excluding hydrogens is 252 g/mol. The number of anilines is 1. The molecule has 0 spiro atoms. The van der Waals surface area contributed by atoms with Gasteiger partial charge < -0.3 is 5.32 Å².